The van der Waals surface area contributed by atoms with Gasteiger partial charge in [0.2, 0.25) is 5.91 Å². The van der Waals surface area contributed by atoms with Crippen LogP contribution in [0.1, 0.15) is 45.3 Å². The Morgan fingerprint density at radius 3 is 2.90 bits per heavy atom. The van der Waals surface area contributed by atoms with E-state index >= 15 is 0 Å². The molecule has 4 nitrogen and oxygen atoms in total. The zero-order valence-corrected chi connectivity index (χ0v) is 13.3. The van der Waals surface area contributed by atoms with Crippen molar-refractivity contribution in [2.24, 2.45) is 5.73 Å². The Kier molecular flexibility index (Phi) is 7.77. The van der Waals surface area contributed by atoms with Gasteiger partial charge in [0.1, 0.15) is 5.76 Å². The first-order valence-corrected chi connectivity index (χ1v) is 8.39. The maximum absolute atomic E-state index is 11.5. The van der Waals surface area contributed by atoms with Crippen LogP contribution in [-0.4, -0.2) is 23.7 Å². The molecule has 1 aromatic rings. The third-order valence-electron chi connectivity index (χ3n) is 3.35. The highest BCUT2D eigenvalue weighted by atomic mass is 32.2. The summed E-state index contributed by atoms with van der Waals surface area (Å²) in [4.78, 5) is 11.5. The summed E-state index contributed by atoms with van der Waals surface area (Å²) in [7, 11) is 0. The van der Waals surface area contributed by atoms with Gasteiger partial charge in [0.05, 0.1) is 17.6 Å². The van der Waals surface area contributed by atoms with E-state index in [9.17, 15) is 4.79 Å². The smallest absolute Gasteiger partial charge is 0.237 e. The number of rotatable bonds is 11. The van der Waals surface area contributed by atoms with E-state index in [2.05, 4.69) is 12.2 Å². The van der Waals surface area contributed by atoms with Gasteiger partial charge in [0, 0.05) is 0 Å². The summed E-state index contributed by atoms with van der Waals surface area (Å²) in [6.45, 7) is 4.81. The summed E-state index contributed by atoms with van der Waals surface area (Å²) < 4.78 is 5.28. The average molecular weight is 298 g/mol. The highest BCUT2D eigenvalue weighted by molar-refractivity contribution is 7.98. The van der Waals surface area contributed by atoms with Crippen molar-refractivity contribution in [2.45, 2.75) is 50.8 Å². The third kappa shape index (κ3) is 6.01. The van der Waals surface area contributed by atoms with Crippen molar-refractivity contribution < 1.29 is 9.21 Å². The predicted octanol–water partition coefficient (Wildman–Crippen LogP) is 2.93. The van der Waals surface area contributed by atoms with E-state index in [0.717, 1.165) is 49.5 Å². The number of carbonyl (C=O) groups excluding carboxylic acids is 1. The molecule has 5 heteroatoms. The van der Waals surface area contributed by atoms with Gasteiger partial charge in [-0.25, -0.2) is 0 Å². The fraction of sp³-hybridized carbons (Fsp3) is 0.667. The molecule has 0 aliphatic heterocycles. The number of hydrogen-bond donors (Lipinski definition) is 2. The monoisotopic (exact) mass is 298 g/mol. The molecule has 20 heavy (non-hydrogen) atoms. The van der Waals surface area contributed by atoms with E-state index in [1.54, 1.807) is 6.26 Å². The van der Waals surface area contributed by atoms with Gasteiger partial charge in [-0.15, -0.1) is 0 Å². The Labute approximate surface area is 125 Å². The molecule has 0 spiro atoms. The van der Waals surface area contributed by atoms with Crippen molar-refractivity contribution in [1.82, 2.24) is 5.32 Å². The van der Waals surface area contributed by atoms with Gasteiger partial charge in [-0.1, -0.05) is 13.3 Å². The van der Waals surface area contributed by atoms with E-state index in [4.69, 9.17) is 10.2 Å². The molecular formula is C15H26N2O2S. The summed E-state index contributed by atoms with van der Waals surface area (Å²) in [5.41, 5.74) is 4.93. The summed E-state index contributed by atoms with van der Waals surface area (Å²) in [6, 6.07) is 3.90. The van der Waals surface area contributed by atoms with Crippen LogP contribution >= 0.6 is 11.8 Å². The molecule has 1 rings (SSSR count). The number of thioether (sulfide) groups is 1. The van der Waals surface area contributed by atoms with Crippen LogP contribution in [0.25, 0.3) is 0 Å². The van der Waals surface area contributed by atoms with Crippen LogP contribution in [0.4, 0.5) is 0 Å². The molecule has 1 unspecified atom stereocenters. The summed E-state index contributed by atoms with van der Waals surface area (Å²) in [5.74, 6) is 2.74. The fourth-order valence-electron chi connectivity index (χ4n) is 1.95. The molecule has 0 bridgehead atoms. The van der Waals surface area contributed by atoms with E-state index < -0.39 is 5.54 Å². The molecular weight excluding hydrogens is 272 g/mol. The number of nitrogens with one attached hydrogen (secondary N) is 1. The zero-order valence-electron chi connectivity index (χ0n) is 12.5. The Hall–Kier alpha value is -0.940. The minimum absolute atomic E-state index is 0.255. The Morgan fingerprint density at radius 2 is 2.30 bits per heavy atom. The highest BCUT2D eigenvalue weighted by Crippen LogP contribution is 2.18. The van der Waals surface area contributed by atoms with Gasteiger partial charge in [0.25, 0.3) is 0 Å². The largest absolute Gasteiger partial charge is 0.468 e. The average Bonchev–Trinajstić information content (AvgIpc) is 2.93. The molecule has 1 amide bonds. The van der Waals surface area contributed by atoms with Crippen molar-refractivity contribution in [3.05, 3.63) is 24.2 Å². The lowest BCUT2D eigenvalue weighted by molar-refractivity contribution is -0.124. The number of unbranched alkanes of at least 4 members (excludes halogenated alkanes) is 1. The van der Waals surface area contributed by atoms with Crippen LogP contribution < -0.4 is 11.1 Å². The number of nitrogens with two attached hydrogens (primary N) is 1. The molecule has 114 valence electrons. The number of furan rings is 1. The zero-order chi connectivity index (χ0) is 14.8. The normalized spacial score (nSPS) is 14.1. The highest BCUT2D eigenvalue weighted by Gasteiger charge is 2.29. The molecule has 0 saturated carbocycles. The number of carbonyl (C=O) groups is 1. The van der Waals surface area contributed by atoms with Crippen molar-refractivity contribution >= 4 is 17.7 Å². The molecule has 0 aromatic carbocycles. The second-order valence-electron chi connectivity index (χ2n) is 5.21. The third-order valence-corrected chi connectivity index (χ3v) is 4.41. The van der Waals surface area contributed by atoms with Crippen LogP contribution in [-0.2, 0) is 10.5 Å². The minimum atomic E-state index is -0.568. The van der Waals surface area contributed by atoms with Gasteiger partial charge in [0.15, 0.2) is 0 Å². The van der Waals surface area contributed by atoms with E-state index in [-0.39, 0.29) is 5.91 Å². The molecule has 1 atom stereocenters. The number of primary amides is 1. The van der Waals surface area contributed by atoms with Crippen LogP contribution in [0, 0.1) is 0 Å². The van der Waals surface area contributed by atoms with Crippen LogP contribution in [0.15, 0.2) is 22.8 Å². The Bertz CT molecular complexity index is 381. The van der Waals surface area contributed by atoms with Crippen molar-refractivity contribution in [2.75, 3.05) is 12.3 Å². The molecule has 3 N–H and O–H groups in total. The summed E-state index contributed by atoms with van der Waals surface area (Å²) >= 11 is 1.86. The first kappa shape index (κ1) is 17.1. The lowest BCUT2D eigenvalue weighted by Crippen LogP contribution is -2.53. The molecule has 0 aliphatic carbocycles. The fourth-order valence-corrected chi connectivity index (χ4v) is 2.87. The van der Waals surface area contributed by atoms with Crippen molar-refractivity contribution in [3.63, 3.8) is 0 Å². The maximum atomic E-state index is 11.5. The van der Waals surface area contributed by atoms with Crippen LogP contribution in [0.3, 0.4) is 0 Å². The lowest BCUT2D eigenvalue weighted by Gasteiger charge is -2.27. The van der Waals surface area contributed by atoms with Gasteiger partial charge < -0.3 is 15.5 Å². The van der Waals surface area contributed by atoms with Gasteiger partial charge in [-0.05, 0) is 50.6 Å². The van der Waals surface area contributed by atoms with Crippen molar-refractivity contribution in [1.29, 1.82) is 0 Å². The van der Waals surface area contributed by atoms with Gasteiger partial charge >= 0.3 is 0 Å². The lowest BCUT2D eigenvalue weighted by atomic mass is 9.94. The Morgan fingerprint density at radius 1 is 1.50 bits per heavy atom. The summed E-state index contributed by atoms with van der Waals surface area (Å²) in [6.07, 6.45) is 5.59. The first-order valence-electron chi connectivity index (χ1n) is 7.23. The first-order chi connectivity index (χ1) is 9.58. The molecule has 0 fully saturated rings. The number of amides is 1. The van der Waals surface area contributed by atoms with Crippen molar-refractivity contribution in [3.8, 4) is 0 Å². The van der Waals surface area contributed by atoms with E-state index in [1.807, 2.05) is 30.8 Å². The van der Waals surface area contributed by atoms with E-state index in [1.165, 1.54) is 0 Å². The van der Waals surface area contributed by atoms with E-state index in [0.29, 0.717) is 0 Å². The second kappa shape index (κ2) is 9.08. The van der Waals surface area contributed by atoms with Crippen LogP contribution in [0.2, 0.25) is 0 Å². The van der Waals surface area contributed by atoms with Gasteiger partial charge in [-0.2, -0.15) is 11.8 Å². The molecule has 0 aliphatic rings. The predicted molar refractivity (Wildman–Crippen MR) is 84.6 cm³/mol. The number of hydrogen-bond acceptors (Lipinski definition) is 4. The SMILES string of the molecule is CCCNC(C)(CCCCSCc1ccco1)C(N)=O. The quantitative estimate of drug-likeness (QED) is 0.616. The Balaban J connectivity index is 2.15. The topological polar surface area (TPSA) is 68.3 Å². The van der Waals surface area contributed by atoms with Gasteiger partial charge in [-0.3, -0.25) is 4.79 Å². The maximum Gasteiger partial charge on any atom is 0.237 e. The van der Waals surface area contributed by atoms with Crippen LogP contribution in [0.5, 0.6) is 0 Å². The minimum Gasteiger partial charge on any atom is -0.468 e. The molecule has 1 aromatic heterocycles. The summed E-state index contributed by atoms with van der Waals surface area (Å²) in [5, 5.41) is 3.26. The molecule has 1 heterocycles. The standard InChI is InChI=1S/C15H26N2O2S/c1-3-9-17-15(2,14(16)18)8-4-5-11-20-12-13-7-6-10-19-13/h6-7,10,17H,3-5,8-9,11-12H2,1-2H3,(H2,16,18). The molecule has 0 saturated heterocycles. The molecule has 0 radical (unpaired) electrons. The second-order valence-corrected chi connectivity index (χ2v) is 6.32.